The number of esters is 1. The molecule has 0 fully saturated rings. The number of carbonyl (C=O) groups is 3. The van der Waals surface area contributed by atoms with Gasteiger partial charge < -0.3 is 14.2 Å². The maximum Gasteiger partial charge on any atom is 0.338 e. The van der Waals surface area contributed by atoms with Crippen LogP contribution in [-0.4, -0.2) is 38.1 Å². The highest BCUT2D eigenvalue weighted by Gasteiger charge is 2.15. The number of hydrogen-bond donors (Lipinski definition) is 2. The van der Waals surface area contributed by atoms with Gasteiger partial charge in [0.25, 0.3) is 11.8 Å². The van der Waals surface area contributed by atoms with Gasteiger partial charge in [-0.2, -0.15) is 0 Å². The van der Waals surface area contributed by atoms with E-state index in [-0.39, 0.29) is 11.1 Å². The number of nitrogens with one attached hydrogen (secondary N) is 2. The van der Waals surface area contributed by atoms with Gasteiger partial charge in [-0.15, -0.1) is 0 Å². The lowest BCUT2D eigenvalue weighted by atomic mass is 10.2. The lowest BCUT2D eigenvalue weighted by molar-refractivity contribution is -0.125. The van der Waals surface area contributed by atoms with E-state index in [9.17, 15) is 18.8 Å². The number of amides is 2. The second kappa shape index (κ2) is 9.91. The van der Waals surface area contributed by atoms with E-state index in [4.69, 9.17) is 14.2 Å². The van der Waals surface area contributed by atoms with Crippen LogP contribution in [0.2, 0.25) is 0 Å². The van der Waals surface area contributed by atoms with Crippen molar-refractivity contribution in [2.75, 3.05) is 20.3 Å². The fraction of sp³-hybridized carbons (Fsp3) is 0.211. The van der Waals surface area contributed by atoms with Crippen molar-refractivity contribution in [2.45, 2.75) is 6.92 Å². The molecule has 0 heterocycles. The Labute approximate surface area is 160 Å². The minimum atomic E-state index is -0.839. The SMILES string of the molecule is CCOc1ccc(C(=O)OCC(=O)NNC(=O)c2ccccc2F)cc1OC. The molecule has 8 nitrogen and oxygen atoms in total. The number of hydrazine groups is 1. The number of carbonyl (C=O) groups excluding carboxylic acids is 3. The van der Waals surface area contributed by atoms with Crippen molar-refractivity contribution in [2.24, 2.45) is 0 Å². The standard InChI is InChI=1S/C19H19FN2O6/c1-3-27-15-9-8-12(10-16(15)26-2)19(25)28-11-17(23)21-22-18(24)13-6-4-5-7-14(13)20/h4-10H,3,11H2,1-2H3,(H,21,23)(H,22,24). The lowest BCUT2D eigenvalue weighted by Crippen LogP contribution is -2.43. The molecule has 0 unspecified atom stereocenters. The van der Waals surface area contributed by atoms with Gasteiger partial charge in [0.2, 0.25) is 0 Å². The third-order valence-electron chi connectivity index (χ3n) is 3.47. The summed E-state index contributed by atoms with van der Waals surface area (Å²) < 4.78 is 28.9. The van der Waals surface area contributed by atoms with Crippen molar-refractivity contribution < 1.29 is 33.0 Å². The van der Waals surface area contributed by atoms with Crippen LogP contribution in [-0.2, 0) is 9.53 Å². The number of methoxy groups -OCH3 is 1. The van der Waals surface area contributed by atoms with E-state index in [1.54, 1.807) is 6.07 Å². The maximum atomic E-state index is 13.5. The summed E-state index contributed by atoms with van der Waals surface area (Å²) in [5.41, 5.74) is 3.99. The molecular weight excluding hydrogens is 371 g/mol. The molecule has 0 saturated heterocycles. The average molecular weight is 390 g/mol. The highest BCUT2D eigenvalue weighted by molar-refractivity contribution is 5.96. The quantitative estimate of drug-likeness (QED) is 0.553. The van der Waals surface area contributed by atoms with Gasteiger partial charge in [-0.3, -0.25) is 20.4 Å². The Kier molecular flexibility index (Phi) is 7.32. The number of benzene rings is 2. The van der Waals surface area contributed by atoms with Gasteiger partial charge in [0.1, 0.15) is 5.82 Å². The topological polar surface area (TPSA) is 103 Å². The first-order valence-corrected chi connectivity index (χ1v) is 8.28. The minimum Gasteiger partial charge on any atom is -0.493 e. The highest BCUT2D eigenvalue weighted by Crippen LogP contribution is 2.28. The van der Waals surface area contributed by atoms with Gasteiger partial charge in [-0.25, -0.2) is 9.18 Å². The first-order chi connectivity index (χ1) is 13.5. The minimum absolute atomic E-state index is 0.156. The molecule has 0 spiro atoms. The van der Waals surface area contributed by atoms with E-state index in [0.717, 1.165) is 6.07 Å². The molecule has 2 N–H and O–H groups in total. The summed E-state index contributed by atoms with van der Waals surface area (Å²) in [5, 5.41) is 0. The van der Waals surface area contributed by atoms with Crippen LogP contribution < -0.4 is 20.3 Å². The van der Waals surface area contributed by atoms with Crippen LogP contribution in [0, 0.1) is 5.82 Å². The predicted molar refractivity (Wildman–Crippen MR) is 96.5 cm³/mol. The molecule has 0 aliphatic heterocycles. The molecule has 2 aromatic carbocycles. The lowest BCUT2D eigenvalue weighted by Gasteiger charge is -2.11. The maximum absolute atomic E-state index is 13.5. The Morgan fingerprint density at radius 2 is 1.79 bits per heavy atom. The smallest absolute Gasteiger partial charge is 0.338 e. The summed E-state index contributed by atoms with van der Waals surface area (Å²) in [6, 6.07) is 9.72. The van der Waals surface area contributed by atoms with E-state index >= 15 is 0 Å². The third kappa shape index (κ3) is 5.44. The van der Waals surface area contributed by atoms with Crippen molar-refractivity contribution >= 4 is 17.8 Å². The molecule has 2 rings (SSSR count). The van der Waals surface area contributed by atoms with Gasteiger partial charge >= 0.3 is 5.97 Å². The largest absolute Gasteiger partial charge is 0.493 e. The van der Waals surface area contributed by atoms with E-state index in [1.807, 2.05) is 17.8 Å². The summed E-state index contributed by atoms with van der Waals surface area (Å²) in [4.78, 5) is 35.6. The molecule has 0 saturated carbocycles. The predicted octanol–water partition coefficient (Wildman–Crippen LogP) is 1.85. The van der Waals surface area contributed by atoms with Gasteiger partial charge in [0.05, 0.1) is 24.8 Å². The second-order valence-corrected chi connectivity index (χ2v) is 5.36. The van der Waals surface area contributed by atoms with Crippen molar-refractivity contribution in [3.05, 3.63) is 59.4 Å². The van der Waals surface area contributed by atoms with Gasteiger partial charge in [0, 0.05) is 0 Å². The monoisotopic (exact) mass is 390 g/mol. The molecule has 0 atom stereocenters. The first-order valence-electron chi connectivity index (χ1n) is 8.28. The Morgan fingerprint density at radius 3 is 2.46 bits per heavy atom. The van der Waals surface area contributed by atoms with Gasteiger partial charge in [-0.05, 0) is 37.3 Å². The fourth-order valence-electron chi connectivity index (χ4n) is 2.16. The molecule has 0 aliphatic carbocycles. The van der Waals surface area contributed by atoms with Crippen molar-refractivity contribution in [3.8, 4) is 11.5 Å². The van der Waals surface area contributed by atoms with Crippen molar-refractivity contribution in [1.29, 1.82) is 0 Å². The Balaban J connectivity index is 1.86. The Hall–Kier alpha value is -3.62. The molecule has 0 aromatic heterocycles. The number of rotatable bonds is 7. The van der Waals surface area contributed by atoms with Crippen LogP contribution in [0.15, 0.2) is 42.5 Å². The number of hydrogen-bond acceptors (Lipinski definition) is 6. The van der Waals surface area contributed by atoms with Crippen LogP contribution in [0.3, 0.4) is 0 Å². The van der Waals surface area contributed by atoms with E-state index in [0.29, 0.717) is 18.1 Å². The van der Waals surface area contributed by atoms with Crippen LogP contribution in [0.25, 0.3) is 0 Å². The number of halogens is 1. The Morgan fingerprint density at radius 1 is 1.04 bits per heavy atom. The molecule has 0 radical (unpaired) electrons. The summed E-state index contributed by atoms with van der Waals surface area (Å²) in [5.74, 6) is -2.32. The molecule has 28 heavy (non-hydrogen) atoms. The van der Waals surface area contributed by atoms with E-state index < -0.39 is 30.2 Å². The van der Waals surface area contributed by atoms with E-state index in [1.165, 1.54) is 37.4 Å². The number of ether oxygens (including phenoxy) is 3. The summed E-state index contributed by atoms with van der Waals surface area (Å²) in [6.07, 6.45) is 0. The average Bonchev–Trinajstić information content (AvgIpc) is 2.71. The van der Waals surface area contributed by atoms with Crippen LogP contribution in [0.4, 0.5) is 4.39 Å². The normalized spacial score (nSPS) is 9.96. The molecule has 9 heteroatoms. The van der Waals surface area contributed by atoms with Crippen LogP contribution >= 0.6 is 0 Å². The zero-order valence-corrected chi connectivity index (χ0v) is 15.3. The van der Waals surface area contributed by atoms with Crippen LogP contribution in [0.1, 0.15) is 27.6 Å². The Bertz CT molecular complexity index is 871. The zero-order chi connectivity index (χ0) is 20.5. The van der Waals surface area contributed by atoms with E-state index in [2.05, 4.69) is 0 Å². The summed E-state index contributed by atoms with van der Waals surface area (Å²) in [7, 11) is 1.43. The molecule has 2 amide bonds. The molecule has 0 aliphatic rings. The molecular formula is C19H19FN2O6. The highest BCUT2D eigenvalue weighted by atomic mass is 19.1. The molecule has 148 valence electrons. The summed E-state index contributed by atoms with van der Waals surface area (Å²) >= 11 is 0. The summed E-state index contributed by atoms with van der Waals surface area (Å²) in [6.45, 7) is 1.59. The first kappa shape index (κ1) is 20.7. The van der Waals surface area contributed by atoms with Crippen molar-refractivity contribution in [3.63, 3.8) is 0 Å². The zero-order valence-electron chi connectivity index (χ0n) is 15.3. The third-order valence-corrected chi connectivity index (χ3v) is 3.47. The molecule has 0 bridgehead atoms. The second-order valence-electron chi connectivity index (χ2n) is 5.36. The van der Waals surface area contributed by atoms with Gasteiger partial charge in [-0.1, -0.05) is 12.1 Å². The molecule has 2 aromatic rings. The van der Waals surface area contributed by atoms with Crippen molar-refractivity contribution in [1.82, 2.24) is 10.9 Å². The fourth-order valence-corrected chi connectivity index (χ4v) is 2.16. The van der Waals surface area contributed by atoms with Gasteiger partial charge in [0.15, 0.2) is 18.1 Å². The van der Waals surface area contributed by atoms with Crippen LogP contribution in [0.5, 0.6) is 11.5 Å².